The van der Waals surface area contributed by atoms with Crippen LogP contribution in [0.2, 0.25) is 0 Å². The van der Waals surface area contributed by atoms with E-state index < -0.39 is 0 Å². The smallest absolute Gasteiger partial charge is 0.237 e. The molecule has 1 aliphatic rings. The zero-order chi connectivity index (χ0) is 13.5. The predicted molar refractivity (Wildman–Crippen MR) is 76.6 cm³/mol. The van der Waals surface area contributed by atoms with Gasteiger partial charge in [0.15, 0.2) is 0 Å². The van der Waals surface area contributed by atoms with E-state index in [1.807, 2.05) is 7.05 Å². The van der Waals surface area contributed by atoms with Crippen molar-refractivity contribution in [2.75, 3.05) is 13.6 Å². The normalized spacial score (nSPS) is 23.9. The third kappa shape index (κ3) is 4.60. The van der Waals surface area contributed by atoms with Crippen molar-refractivity contribution in [3.63, 3.8) is 0 Å². The van der Waals surface area contributed by atoms with Crippen LogP contribution in [0.15, 0.2) is 0 Å². The number of hydrogen-bond donors (Lipinski definition) is 1. The molecule has 0 aromatic heterocycles. The summed E-state index contributed by atoms with van der Waals surface area (Å²) in [4.78, 5) is 14.3. The molecular weight excluding hydrogens is 224 g/mol. The van der Waals surface area contributed by atoms with E-state index in [9.17, 15) is 4.79 Å². The van der Waals surface area contributed by atoms with Crippen LogP contribution in [-0.2, 0) is 4.79 Å². The van der Waals surface area contributed by atoms with Crippen molar-refractivity contribution in [2.24, 2.45) is 5.92 Å². The molecule has 1 saturated heterocycles. The molecule has 18 heavy (non-hydrogen) atoms. The van der Waals surface area contributed by atoms with Crippen LogP contribution < -0.4 is 5.32 Å². The molecule has 3 heteroatoms. The van der Waals surface area contributed by atoms with Crippen molar-refractivity contribution < 1.29 is 4.79 Å². The van der Waals surface area contributed by atoms with Gasteiger partial charge in [-0.05, 0) is 45.7 Å². The van der Waals surface area contributed by atoms with Gasteiger partial charge in [0.05, 0.1) is 6.04 Å². The predicted octanol–water partition coefficient (Wildman–Crippen LogP) is 2.80. The first-order valence-corrected chi connectivity index (χ1v) is 7.59. The molecule has 1 aliphatic heterocycles. The van der Waals surface area contributed by atoms with Gasteiger partial charge in [0, 0.05) is 6.04 Å². The van der Waals surface area contributed by atoms with Gasteiger partial charge >= 0.3 is 0 Å². The van der Waals surface area contributed by atoms with Gasteiger partial charge < -0.3 is 5.32 Å². The van der Waals surface area contributed by atoms with E-state index in [1.54, 1.807) is 0 Å². The first kappa shape index (κ1) is 15.5. The molecule has 0 radical (unpaired) electrons. The summed E-state index contributed by atoms with van der Waals surface area (Å²) in [5, 5.41) is 3.19. The fourth-order valence-electron chi connectivity index (χ4n) is 3.04. The van der Waals surface area contributed by atoms with E-state index in [-0.39, 0.29) is 11.9 Å². The van der Waals surface area contributed by atoms with Gasteiger partial charge in [0.25, 0.3) is 0 Å². The fourth-order valence-corrected chi connectivity index (χ4v) is 3.04. The van der Waals surface area contributed by atoms with E-state index in [0.717, 1.165) is 31.7 Å². The Balaban J connectivity index is 2.34. The average molecular weight is 254 g/mol. The summed E-state index contributed by atoms with van der Waals surface area (Å²) in [5.41, 5.74) is 0. The first-order chi connectivity index (χ1) is 8.58. The Bertz CT molecular complexity index is 255. The maximum Gasteiger partial charge on any atom is 0.237 e. The van der Waals surface area contributed by atoms with Crippen LogP contribution in [0.5, 0.6) is 0 Å². The third-order valence-corrected chi connectivity index (χ3v) is 4.17. The average Bonchev–Trinajstić information content (AvgIpc) is 2.74. The molecule has 3 atom stereocenters. The summed E-state index contributed by atoms with van der Waals surface area (Å²) in [6, 6.07) is 0.418. The van der Waals surface area contributed by atoms with Gasteiger partial charge in [-0.2, -0.15) is 0 Å². The van der Waals surface area contributed by atoms with Crippen LogP contribution in [-0.4, -0.2) is 36.5 Å². The highest BCUT2D eigenvalue weighted by Gasteiger charge is 2.28. The van der Waals surface area contributed by atoms with Crippen molar-refractivity contribution in [1.29, 1.82) is 0 Å². The summed E-state index contributed by atoms with van der Waals surface area (Å²) >= 11 is 0. The molecule has 3 nitrogen and oxygen atoms in total. The van der Waals surface area contributed by atoms with Gasteiger partial charge in [-0.3, -0.25) is 9.69 Å². The topological polar surface area (TPSA) is 32.3 Å². The highest BCUT2D eigenvalue weighted by atomic mass is 16.2. The molecule has 106 valence electrons. The minimum absolute atomic E-state index is 0.110. The first-order valence-electron chi connectivity index (χ1n) is 7.59. The van der Waals surface area contributed by atoms with E-state index in [4.69, 9.17) is 0 Å². The second-order valence-electron chi connectivity index (χ2n) is 5.85. The number of rotatable bonds is 7. The molecule has 3 unspecified atom stereocenters. The van der Waals surface area contributed by atoms with Crippen molar-refractivity contribution in [3.8, 4) is 0 Å². The van der Waals surface area contributed by atoms with E-state index >= 15 is 0 Å². The number of likely N-dealkylation sites (tertiary alicyclic amines) is 1. The van der Waals surface area contributed by atoms with E-state index in [2.05, 4.69) is 31.0 Å². The Hall–Kier alpha value is -0.570. The standard InChI is InChI=1S/C15H30N2O/c1-5-8-13(6-2)11-12(3)16-15(18)14-9-7-10-17(14)4/h12-14H,5-11H2,1-4H3,(H,16,18). The summed E-state index contributed by atoms with van der Waals surface area (Å²) < 4.78 is 0. The lowest BCUT2D eigenvalue weighted by Gasteiger charge is -2.24. The Labute approximate surface area is 112 Å². The van der Waals surface area contributed by atoms with Crippen LogP contribution in [0.1, 0.15) is 59.3 Å². The van der Waals surface area contributed by atoms with Crippen molar-refractivity contribution >= 4 is 5.91 Å². The summed E-state index contributed by atoms with van der Waals surface area (Å²) in [6.07, 6.45) is 7.02. The molecule has 0 aliphatic carbocycles. The summed E-state index contributed by atoms with van der Waals surface area (Å²) in [7, 11) is 2.05. The molecule has 0 saturated carbocycles. The highest BCUT2D eigenvalue weighted by molar-refractivity contribution is 5.82. The Kier molecular flexibility index (Phi) is 6.69. The Morgan fingerprint density at radius 2 is 2.17 bits per heavy atom. The summed E-state index contributed by atoms with van der Waals surface area (Å²) in [5.74, 6) is 0.987. The minimum atomic E-state index is 0.110. The van der Waals surface area contributed by atoms with Crippen LogP contribution >= 0.6 is 0 Å². The number of hydrogen-bond acceptors (Lipinski definition) is 2. The van der Waals surface area contributed by atoms with Gasteiger partial charge in [-0.1, -0.05) is 33.1 Å². The SMILES string of the molecule is CCCC(CC)CC(C)NC(=O)C1CCCN1C. The highest BCUT2D eigenvalue weighted by Crippen LogP contribution is 2.18. The Morgan fingerprint density at radius 3 is 2.67 bits per heavy atom. The summed E-state index contributed by atoms with van der Waals surface area (Å²) in [6.45, 7) is 7.68. The van der Waals surface area contributed by atoms with Gasteiger partial charge in [-0.15, -0.1) is 0 Å². The van der Waals surface area contributed by atoms with E-state index in [0.29, 0.717) is 6.04 Å². The molecule has 0 bridgehead atoms. The zero-order valence-electron chi connectivity index (χ0n) is 12.5. The fraction of sp³-hybridized carbons (Fsp3) is 0.933. The number of amides is 1. The lowest BCUT2D eigenvalue weighted by atomic mass is 9.93. The maximum absolute atomic E-state index is 12.1. The molecule has 0 aromatic rings. The number of carbonyl (C=O) groups is 1. The van der Waals surface area contributed by atoms with E-state index in [1.165, 1.54) is 19.3 Å². The number of nitrogens with zero attached hydrogens (tertiary/aromatic N) is 1. The second-order valence-corrected chi connectivity index (χ2v) is 5.85. The Morgan fingerprint density at radius 1 is 1.44 bits per heavy atom. The van der Waals surface area contributed by atoms with Crippen LogP contribution in [0.3, 0.4) is 0 Å². The van der Waals surface area contributed by atoms with Gasteiger partial charge in [0.1, 0.15) is 0 Å². The van der Waals surface area contributed by atoms with Crippen LogP contribution in [0.4, 0.5) is 0 Å². The molecule has 1 N–H and O–H groups in total. The largest absolute Gasteiger partial charge is 0.352 e. The third-order valence-electron chi connectivity index (χ3n) is 4.17. The molecule has 1 heterocycles. The molecule has 1 fully saturated rings. The molecule has 1 rings (SSSR count). The van der Waals surface area contributed by atoms with Gasteiger partial charge in [0.2, 0.25) is 5.91 Å². The molecule has 0 spiro atoms. The quantitative estimate of drug-likeness (QED) is 0.757. The van der Waals surface area contributed by atoms with Crippen LogP contribution in [0, 0.1) is 5.92 Å². The van der Waals surface area contributed by atoms with Crippen LogP contribution in [0.25, 0.3) is 0 Å². The second kappa shape index (κ2) is 7.78. The monoisotopic (exact) mass is 254 g/mol. The van der Waals surface area contributed by atoms with Crippen molar-refractivity contribution in [2.45, 2.75) is 71.4 Å². The number of likely N-dealkylation sites (N-methyl/N-ethyl adjacent to an activating group) is 1. The lowest BCUT2D eigenvalue weighted by molar-refractivity contribution is -0.125. The zero-order valence-corrected chi connectivity index (χ0v) is 12.5. The molecule has 1 amide bonds. The van der Waals surface area contributed by atoms with Crippen molar-refractivity contribution in [1.82, 2.24) is 10.2 Å². The lowest BCUT2D eigenvalue weighted by Crippen LogP contribution is -2.45. The van der Waals surface area contributed by atoms with Crippen molar-refractivity contribution in [3.05, 3.63) is 0 Å². The number of carbonyl (C=O) groups excluding carboxylic acids is 1. The van der Waals surface area contributed by atoms with Gasteiger partial charge in [-0.25, -0.2) is 0 Å². The number of nitrogens with one attached hydrogen (secondary N) is 1. The molecular formula is C15H30N2O. The minimum Gasteiger partial charge on any atom is -0.352 e. The molecule has 0 aromatic carbocycles. The maximum atomic E-state index is 12.1.